The van der Waals surface area contributed by atoms with E-state index in [0.717, 1.165) is 0 Å². The number of aliphatic hydroxyl groups excluding tert-OH is 3. The lowest BCUT2D eigenvalue weighted by molar-refractivity contribution is -0.293. The molecule has 0 radical (unpaired) electrons. The molecule has 1 aliphatic rings. The zero-order valence-electron chi connectivity index (χ0n) is 8.91. The average molecular weight is 274 g/mol. The Kier molecular flexibility index (Phi) is 5.02. The van der Waals surface area contributed by atoms with Gasteiger partial charge in [0.15, 0.2) is 6.29 Å². The van der Waals surface area contributed by atoms with Crippen molar-refractivity contribution in [1.82, 2.24) is 0 Å². The van der Waals surface area contributed by atoms with E-state index in [-0.39, 0.29) is 0 Å². The fourth-order valence-electron chi connectivity index (χ4n) is 1.42. The Morgan fingerprint density at radius 1 is 1.18 bits per heavy atom. The Labute approximate surface area is 96.8 Å². The lowest BCUT2D eigenvalue weighted by Gasteiger charge is -2.39. The van der Waals surface area contributed by atoms with E-state index >= 15 is 0 Å². The Bertz CT molecular complexity index is 289. The van der Waals surface area contributed by atoms with Gasteiger partial charge >= 0.3 is 7.82 Å². The van der Waals surface area contributed by atoms with Crippen LogP contribution in [-0.2, 0) is 18.6 Å². The molecule has 0 aromatic rings. The molecule has 17 heavy (non-hydrogen) atoms. The monoisotopic (exact) mass is 274 g/mol. The van der Waals surface area contributed by atoms with Crippen molar-refractivity contribution in [2.45, 2.75) is 30.7 Å². The van der Waals surface area contributed by atoms with E-state index in [4.69, 9.17) is 19.3 Å². The van der Waals surface area contributed by atoms with Gasteiger partial charge in [-0.2, -0.15) is 0 Å². The molecule has 1 heterocycles. The van der Waals surface area contributed by atoms with Crippen LogP contribution in [0.2, 0.25) is 0 Å². The zero-order chi connectivity index (χ0) is 13.2. The summed E-state index contributed by atoms with van der Waals surface area (Å²) in [4.78, 5) is 17.0. The van der Waals surface area contributed by atoms with E-state index in [1.165, 1.54) is 7.11 Å². The number of rotatable bonds is 4. The van der Waals surface area contributed by atoms with Crippen molar-refractivity contribution >= 4 is 7.82 Å². The van der Waals surface area contributed by atoms with Gasteiger partial charge in [0.05, 0.1) is 6.61 Å². The smallest absolute Gasteiger partial charge is 0.387 e. The van der Waals surface area contributed by atoms with Gasteiger partial charge in [-0.15, -0.1) is 0 Å². The van der Waals surface area contributed by atoms with Gasteiger partial charge in [0.1, 0.15) is 24.4 Å². The lowest BCUT2D eigenvalue weighted by atomic mass is 9.99. The molecule has 0 unspecified atom stereocenters. The summed E-state index contributed by atoms with van der Waals surface area (Å²) in [6.45, 7) is -0.644. The van der Waals surface area contributed by atoms with Crippen LogP contribution in [0.15, 0.2) is 0 Å². The molecule has 0 aliphatic carbocycles. The van der Waals surface area contributed by atoms with Crippen LogP contribution in [-0.4, -0.2) is 69.5 Å². The van der Waals surface area contributed by atoms with Crippen LogP contribution in [0.3, 0.4) is 0 Å². The molecule has 0 saturated carbocycles. The van der Waals surface area contributed by atoms with Crippen molar-refractivity contribution in [2.24, 2.45) is 0 Å². The van der Waals surface area contributed by atoms with Crippen LogP contribution in [0.4, 0.5) is 0 Å². The van der Waals surface area contributed by atoms with Crippen molar-refractivity contribution in [3.05, 3.63) is 0 Å². The molecule has 0 spiro atoms. The molecule has 102 valence electrons. The minimum absolute atomic E-state index is 0.644. The van der Waals surface area contributed by atoms with Gasteiger partial charge < -0.3 is 34.6 Å². The standard InChI is InChI=1S/C7H15O9P/c1-14-7-6(10)5(9)4(8)3(16-7)2-15-17(11,12)13/h3-10H,2H2,1H3,(H2,11,12,13)/t3-,4-,5+,6-,7+/m1/s1. The highest BCUT2D eigenvalue weighted by Gasteiger charge is 2.44. The van der Waals surface area contributed by atoms with E-state index in [0.29, 0.717) is 0 Å². The van der Waals surface area contributed by atoms with E-state index < -0.39 is 45.1 Å². The maximum absolute atomic E-state index is 10.5. The number of hydrogen-bond donors (Lipinski definition) is 5. The fourth-order valence-corrected chi connectivity index (χ4v) is 1.76. The van der Waals surface area contributed by atoms with Crippen molar-refractivity contribution < 1.29 is 43.7 Å². The third-order valence-electron chi connectivity index (χ3n) is 2.31. The highest BCUT2D eigenvalue weighted by Crippen LogP contribution is 2.36. The van der Waals surface area contributed by atoms with Crippen molar-refractivity contribution in [2.75, 3.05) is 13.7 Å². The second-order valence-electron chi connectivity index (χ2n) is 3.54. The maximum Gasteiger partial charge on any atom is 0.469 e. The summed E-state index contributed by atoms with van der Waals surface area (Å²) in [5, 5.41) is 28.3. The van der Waals surface area contributed by atoms with Crippen molar-refractivity contribution in [3.8, 4) is 0 Å². The fraction of sp³-hybridized carbons (Fsp3) is 1.00. The van der Waals surface area contributed by atoms with Gasteiger partial charge in [0.25, 0.3) is 0 Å². The first-order valence-electron chi connectivity index (χ1n) is 4.69. The van der Waals surface area contributed by atoms with E-state index in [1.54, 1.807) is 0 Å². The normalized spacial score (nSPS) is 39.3. The summed E-state index contributed by atoms with van der Waals surface area (Å²) in [6, 6.07) is 0. The second kappa shape index (κ2) is 5.70. The van der Waals surface area contributed by atoms with Gasteiger partial charge in [-0.3, -0.25) is 4.52 Å². The molecule has 1 fully saturated rings. The van der Waals surface area contributed by atoms with E-state index in [9.17, 15) is 19.9 Å². The van der Waals surface area contributed by atoms with Crippen LogP contribution in [0.1, 0.15) is 0 Å². The summed E-state index contributed by atoms with van der Waals surface area (Å²) in [6.07, 6.45) is -6.98. The molecule has 1 saturated heterocycles. The Morgan fingerprint density at radius 3 is 2.24 bits per heavy atom. The topological polar surface area (TPSA) is 146 Å². The molecule has 5 N–H and O–H groups in total. The average Bonchev–Trinajstić information content (AvgIpc) is 2.24. The molecule has 0 aromatic carbocycles. The summed E-state index contributed by atoms with van der Waals surface area (Å²) >= 11 is 0. The molecule has 5 atom stereocenters. The van der Waals surface area contributed by atoms with Gasteiger partial charge in [0.2, 0.25) is 0 Å². The second-order valence-corrected chi connectivity index (χ2v) is 4.78. The SMILES string of the molecule is CO[C@H]1O[C@H](COP(=O)(O)O)[C@@H](O)[C@H](O)[C@H]1O. The minimum atomic E-state index is -4.70. The Hall–Kier alpha value is -0.0900. The van der Waals surface area contributed by atoms with Crippen LogP contribution in [0, 0.1) is 0 Å². The molecule has 0 amide bonds. The summed E-state index contributed by atoms with van der Waals surface area (Å²) in [7, 11) is -3.49. The van der Waals surface area contributed by atoms with Gasteiger partial charge in [-0.05, 0) is 0 Å². The first kappa shape index (κ1) is 15.0. The predicted molar refractivity (Wildman–Crippen MR) is 51.7 cm³/mol. The first-order valence-corrected chi connectivity index (χ1v) is 6.22. The molecule has 9 nitrogen and oxygen atoms in total. The number of phosphoric ester groups is 1. The zero-order valence-corrected chi connectivity index (χ0v) is 9.80. The number of methoxy groups -OCH3 is 1. The number of aliphatic hydroxyl groups is 3. The number of phosphoric acid groups is 1. The van der Waals surface area contributed by atoms with Crippen LogP contribution >= 0.6 is 7.82 Å². The Morgan fingerprint density at radius 2 is 1.76 bits per heavy atom. The molecule has 10 heteroatoms. The summed E-state index contributed by atoms with van der Waals surface area (Å²) in [5.41, 5.74) is 0. The van der Waals surface area contributed by atoms with Gasteiger partial charge in [0, 0.05) is 7.11 Å². The molecule has 1 rings (SSSR count). The van der Waals surface area contributed by atoms with Crippen molar-refractivity contribution in [3.63, 3.8) is 0 Å². The largest absolute Gasteiger partial charge is 0.469 e. The quantitative estimate of drug-likeness (QED) is 0.352. The van der Waals surface area contributed by atoms with Crippen LogP contribution in [0.25, 0.3) is 0 Å². The molecule has 0 aromatic heterocycles. The first-order chi connectivity index (χ1) is 7.76. The molecule has 0 bridgehead atoms. The third-order valence-corrected chi connectivity index (χ3v) is 2.79. The Balaban J connectivity index is 2.62. The maximum atomic E-state index is 10.5. The van der Waals surface area contributed by atoms with Crippen LogP contribution in [0.5, 0.6) is 0 Å². The van der Waals surface area contributed by atoms with Crippen molar-refractivity contribution in [1.29, 1.82) is 0 Å². The lowest BCUT2D eigenvalue weighted by Crippen LogP contribution is -2.59. The molecular formula is C7H15O9P. The highest BCUT2D eigenvalue weighted by atomic mass is 31.2. The van der Waals surface area contributed by atoms with E-state index in [2.05, 4.69) is 4.52 Å². The summed E-state index contributed by atoms with van der Waals surface area (Å²) in [5.74, 6) is 0. The predicted octanol–water partition coefficient (Wildman–Crippen LogP) is -2.45. The molecule has 1 aliphatic heterocycles. The minimum Gasteiger partial charge on any atom is -0.387 e. The number of hydrogen-bond acceptors (Lipinski definition) is 7. The van der Waals surface area contributed by atoms with Gasteiger partial charge in [-0.25, -0.2) is 4.57 Å². The molecular weight excluding hydrogens is 259 g/mol. The highest BCUT2D eigenvalue weighted by molar-refractivity contribution is 7.46. The van der Waals surface area contributed by atoms with Gasteiger partial charge in [-0.1, -0.05) is 0 Å². The number of ether oxygens (including phenoxy) is 2. The van der Waals surface area contributed by atoms with Crippen LogP contribution < -0.4 is 0 Å². The third kappa shape index (κ3) is 3.95. The summed E-state index contributed by atoms with van der Waals surface area (Å²) < 4.78 is 24.3. The van der Waals surface area contributed by atoms with E-state index in [1.807, 2.05) is 0 Å².